The summed E-state index contributed by atoms with van der Waals surface area (Å²) in [6.07, 6.45) is 10.2. The summed E-state index contributed by atoms with van der Waals surface area (Å²) in [6.45, 7) is 1.33. The maximum absolute atomic E-state index is 12.0. The highest BCUT2D eigenvalue weighted by Gasteiger charge is 2.03. The van der Waals surface area contributed by atoms with Crippen LogP contribution in [-0.4, -0.2) is 20.4 Å². The van der Waals surface area contributed by atoms with Crippen LogP contribution >= 0.6 is 0 Å². The van der Waals surface area contributed by atoms with Gasteiger partial charge < -0.3 is 9.88 Å². The van der Waals surface area contributed by atoms with E-state index in [4.69, 9.17) is 0 Å². The van der Waals surface area contributed by atoms with Gasteiger partial charge in [-0.1, -0.05) is 30.3 Å². The molecule has 5 heteroatoms. The number of aryl methyl sites for hydroxylation is 1. The number of imidazole rings is 1. The molecule has 0 saturated carbocycles. The van der Waals surface area contributed by atoms with E-state index >= 15 is 0 Å². The maximum Gasteiger partial charge on any atom is 0.220 e. The van der Waals surface area contributed by atoms with Crippen molar-refractivity contribution in [3.05, 3.63) is 84.2 Å². The fraction of sp³-hybridized carbons (Fsp3) is 0.211. The van der Waals surface area contributed by atoms with Crippen molar-refractivity contribution in [1.29, 1.82) is 0 Å². The Morgan fingerprint density at radius 3 is 2.71 bits per heavy atom. The number of hydrogen-bond acceptors (Lipinski definition) is 3. The number of carbonyl (C=O) groups excluding carboxylic acids is 1. The van der Waals surface area contributed by atoms with Crippen molar-refractivity contribution >= 4 is 5.91 Å². The average Bonchev–Trinajstić information content (AvgIpc) is 3.12. The molecule has 0 aliphatic carbocycles. The van der Waals surface area contributed by atoms with E-state index in [2.05, 4.69) is 27.4 Å². The number of rotatable bonds is 7. The van der Waals surface area contributed by atoms with Gasteiger partial charge in [-0.05, 0) is 29.2 Å². The molecule has 1 aromatic carbocycles. The maximum atomic E-state index is 12.0. The zero-order valence-electron chi connectivity index (χ0n) is 13.4. The molecule has 0 fully saturated rings. The van der Waals surface area contributed by atoms with Crippen LogP contribution in [0, 0.1) is 0 Å². The molecule has 0 aliphatic rings. The van der Waals surface area contributed by atoms with E-state index in [0.717, 1.165) is 17.7 Å². The topological polar surface area (TPSA) is 59.8 Å². The number of carbonyl (C=O) groups is 1. The summed E-state index contributed by atoms with van der Waals surface area (Å²) in [6, 6.07) is 12.1. The van der Waals surface area contributed by atoms with Crippen LogP contribution in [0.25, 0.3) is 0 Å². The molecule has 24 heavy (non-hydrogen) atoms. The van der Waals surface area contributed by atoms with Gasteiger partial charge in [0.15, 0.2) is 0 Å². The van der Waals surface area contributed by atoms with Gasteiger partial charge in [-0.25, -0.2) is 4.98 Å². The molecule has 0 spiro atoms. The van der Waals surface area contributed by atoms with Gasteiger partial charge in [0, 0.05) is 44.3 Å². The van der Waals surface area contributed by atoms with Crippen LogP contribution in [0.2, 0.25) is 0 Å². The van der Waals surface area contributed by atoms with Crippen molar-refractivity contribution in [2.24, 2.45) is 0 Å². The average molecular weight is 320 g/mol. The molecule has 0 unspecified atom stereocenters. The Morgan fingerprint density at radius 2 is 1.92 bits per heavy atom. The number of hydrogen-bond donors (Lipinski definition) is 1. The Bertz CT molecular complexity index is 769. The molecule has 122 valence electrons. The van der Waals surface area contributed by atoms with Crippen molar-refractivity contribution in [2.45, 2.75) is 25.9 Å². The fourth-order valence-corrected chi connectivity index (χ4v) is 2.52. The lowest BCUT2D eigenvalue weighted by Crippen LogP contribution is -2.23. The zero-order chi connectivity index (χ0) is 16.6. The molecule has 0 radical (unpaired) electrons. The number of amides is 1. The van der Waals surface area contributed by atoms with Crippen LogP contribution in [0.3, 0.4) is 0 Å². The van der Waals surface area contributed by atoms with Crippen LogP contribution in [-0.2, 0) is 24.3 Å². The minimum absolute atomic E-state index is 0.0545. The van der Waals surface area contributed by atoms with E-state index in [1.165, 1.54) is 5.56 Å². The van der Waals surface area contributed by atoms with Crippen LogP contribution in [0.15, 0.2) is 67.5 Å². The second-order valence-corrected chi connectivity index (χ2v) is 5.69. The highest BCUT2D eigenvalue weighted by molar-refractivity contribution is 5.76. The standard InChI is InChI=1S/C19H20N4O/c24-19(7-6-16-5-2-8-20-12-16)22-13-17-3-1-4-18(11-17)14-23-10-9-21-15-23/h1-5,8-12,15H,6-7,13-14H2,(H,22,24). The lowest BCUT2D eigenvalue weighted by Gasteiger charge is -2.08. The van der Waals surface area contributed by atoms with Gasteiger partial charge in [-0.2, -0.15) is 0 Å². The van der Waals surface area contributed by atoms with Gasteiger partial charge in [0.2, 0.25) is 5.91 Å². The van der Waals surface area contributed by atoms with Crippen molar-refractivity contribution in [3.8, 4) is 0 Å². The van der Waals surface area contributed by atoms with Crippen LogP contribution < -0.4 is 5.32 Å². The van der Waals surface area contributed by atoms with Crippen molar-refractivity contribution in [2.75, 3.05) is 0 Å². The van der Waals surface area contributed by atoms with Crippen LogP contribution in [0.4, 0.5) is 0 Å². The number of pyridine rings is 1. The predicted molar refractivity (Wildman–Crippen MR) is 92.2 cm³/mol. The molecule has 5 nitrogen and oxygen atoms in total. The van der Waals surface area contributed by atoms with E-state index in [1.807, 2.05) is 35.0 Å². The summed E-state index contributed by atoms with van der Waals surface area (Å²) in [5.41, 5.74) is 3.37. The SMILES string of the molecule is O=C(CCc1cccnc1)NCc1cccc(Cn2ccnc2)c1. The van der Waals surface area contributed by atoms with Crippen LogP contribution in [0.5, 0.6) is 0 Å². The summed E-state index contributed by atoms with van der Waals surface area (Å²) in [4.78, 5) is 20.1. The molecule has 3 rings (SSSR count). The first kappa shape index (κ1) is 15.9. The van der Waals surface area contributed by atoms with E-state index in [0.29, 0.717) is 19.4 Å². The summed E-state index contributed by atoms with van der Waals surface area (Å²) >= 11 is 0. The molecule has 1 N–H and O–H groups in total. The Hall–Kier alpha value is -2.95. The smallest absolute Gasteiger partial charge is 0.220 e. The highest BCUT2D eigenvalue weighted by Crippen LogP contribution is 2.08. The molecule has 2 heterocycles. The fourth-order valence-electron chi connectivity index (χ4n) is 2.52. The van der Waals surface area contributed by atoms with Crippen molar-refractivity contribution in [3.63, 3.8) is 0 Å². The molecule has 1 amide bonds. The molecular weight excluding hydrogens is 300 g/mol. The molecule has 0 bridgehead atoms. The van der Waals surface area contributed by atoms with Gasteiger partial charge >= 0.3 is 0 Å². The molecule has 0 aliphatic heterocycles. The zero-order valence-corrected chi connectivity index (χ0v) is 13.4. The second kappa shape index (κ2) is 8.06. The molecule has 3 aromatic rings. The molecule has 2 aromatic heterocycles. The first-order valence-corrected chi connectivity index (χ1v) is 7.99. The predicted octanol–water partition coefficient (Wildman–Crippen LogP) is 2.58. The van der Waals surface area contributed by atoms with E-state index in [1.54, 1.807) is 24.9 Å². The number of aromatic nitrogens is 3. The van der Waals surface area contributed by atoms with Gasteiger partial charge in [0.1, 0.15) is 0 Å². The third kappa shape index (κ3) is 4.78. The minimum Gasteiger partial charge on any atom is -0.352 e. The molecular formula is C19H20N4O. The van der Waals surface area contributed by atoms with Gasteiger partial charge in [0.25, 0.3) is 0 Å². The summed E-state index contributed by atoms with van der Waals surface area (Å²) in [5, 5.41) is 2.98. The number of nitrogens with zero attached hydrogens (tertiary/aromatic N) is 3. The molecule has 0 saturated heterocycles. The van der Waals surface area contributed by atoms with Gasteiger partial charge in [-0.3, -0.25) is 9.78 Å². The number of benzene rings is 1. The molecule has 0 atom stereocenters. The lowest BCUT2D eigenvalue weighted by molar-refractivity contribution is -0.121. The normalized spacial score (nSPS) is 10.5. The van der Waals surface area contributed by atoms with Crippen molar-refractivity contribution < 1.29 is 4.79 Å². The summed E-state index contributed by atoms with van der Waals surface area (Å²) in [5.74, 6) is 0.0545. The largest absolute Gasteiger partial charge is 0.352 e. The quantitative estimate of drug-likeness (QED) is 0.728. The Kier molecular flexibility index (Phi) is 5.35. The monoisotopic (exact) mass is 320 g/mol. The first-order chi connectivity index (χ1) is 11.8. The third-order valence-electron chi connectivity index (χ3n) is 3.77. The summed E-state index contributed by atoms with van der Waals surface area (Å²) < 4.78 is 2.02. The van der Waals surface area contributed by atoms with Crippen molar-refractivity contribution in [1.82, 2.24) is 19.9 Å². The van der Waals surface area contributed by atoms with Gasteiger partial charge in [0.05, 0.1) is 6.33 Å². The lowest BCUT2D eigenvalue weighted by atomic mass is 10.1. The van der Waals surface area contributed by atoms with E-state index in [9.17, 15) is 4.79 Å². The Morgan fingerprint density at radius 1 is 1.04 bits per heavy atom. The third-order valence-corrected chi connectivity index (χ3v) is 3.77. The van der Waals surface area contributed by atoms with Crippen LogP contribution in [0.1, 0.15) is 23.1 Å². The Balaban J connectivity index is 1.48. The Labute approximate surface area is 141 Å². The van der Waals surface area contributed by atoms with Gasteiger partial charge in [-0.15, -0.1) is 0 Å². The summed E-state index contributed by atoms with van der Waals surface area (Å²) in [7, 11) is 0. The minimum atomic E-state index is 0.0545. The van der Waals surface area contributed by atoms with E-state index in [-0.39, 0.29) is 5.91 Å². The number of nitrogens with one attached hydrogen (secondary N) is 1. The van der Waals surface area contributed by atoms with E-state index < -0.39 is 0 Å². The highest BCUT2D eigenvalue weighted by atomic mass is 16.1. The second-order valence-electron chi connectivity index (χ2n) is 5.69. The first-order valence-electron chi connectivity index (χ1n) is 7.99.